The molecular formula is C18H22O. The van der Waals surface area contributed by atoms with Crippen LogP contribution < -0.4 is 0 Å². The molecule has 1 nitrogen and oxygen atoms in total. The summed E-state index contributed by atoms with van der Waals surface area (Å²) in [4.78, 5) is 0. The molecule has 0 aliphatic heterocycles. The highest BCUT2D eigenvalue weighted by Gasteiger charge is 2.00. The molecule has 0 amide bonds. The van der Waals surface area contributed by atoms with Gasteiger partial charge in [0.25, 0.3) is 0 Å². The molecular weight excluding hydrogens is 232 g/mol. The molecule has 0 radical (unpaired) electrons. The van der Waals surface area contributed by atoms with Crippen molar-refractivity contribution in [3.8, 4) is 5.75 Å². The second-order valence-corrected chi connectivity index (χ2v) is 5.05. The summed E-state index contributed by atoms with van der Waals surface area (Å²) in [6.45, 7) is 4.46. The number of hydrogen-bond acceptors (Lipinski definition) is 1. The van der Waals surface area contributed by atoms with E-state index >= 15 is 0 Å². The van der Waals surface area contributed by atoms with Gasteiger partial charge in [0.2, 0.25) is 0 Å². The average Bonchev–Trinajstić information content (AvgIpc) is 2.38. The SMILES string of the molecule is CCCc1cccc(CCC)c1.Oc1cc2ccc1=2. The number of aromatic hydroxyl groups is 1. The Hall–Kier alpha value is -1.76. The number of phenols is 1. The Morgan fingerprint density at radius 2 is 1.47 bits per heavy atom. The normalized spacial score (nSPS) is 10.6. The van der Waals surface area contributed by atoms with Crippen LogP contribution >= 0.6 is 0 Å². The van der Waals surface area contributed by atoms with Crippen LogP contribution in [0.4, 0.5) is 0 Å². The van der Waals surface area contributed by atoms with Crippen LogP contribution in [0.15, 0.2) is 42.5 Å². The molecule has 0 unspecified atom stereocenters. The summed E-state index contributed by atoms with van der Waals surface area (Å²) in [6, 6.07) is 14.6. The van der Waals surface area contributed by atoms with Crippen LogP contribution in [0, 0.1) is 10.4 Å². The van der Waals surface area contributed by atoms with E-state index in [1.165, 1.54) is 42.0 Å². The van der Waals surface area contributed by atoms with Gasteiger partial charge in [-0.15, -0.1) is 0 Å². The summed E-state index contributed by atoms with van der Waals surface area (Å²) in [7, 11) is 0. The van der Waals surface area contributed by atoms with Crippen molar-refractivity contribution < 1.29 is 5.11 Å². The molecule has 19 heavy (non-hydrogen) atoms. The minimum atomic E-state index is 0.442. The molecule has 2 aliphatic carbocycles. The van der Waals surface area contributed by atoms with Crippen LogP contribution in [0.3, 0.4) is 0 Å². The first-order chi connectivity index (χ1) is 9.24. The van der Waals surface area contributed by atoms with Gasteiger partial charge in [0.1, 0.15) is 5.75 Å². The lowest BCUT2D eigenvalue weighted by atomic mass is 10.0. The van der Waals surface area contributed by atoms with E-state index < -0.39 is 0 Å². The zero-order chi connectivity index (χ0) is 13.7. The average molecular weight is 254 g/mol. The molecule has 1 N–H and O–H groups in total. The summed E-state index contributed by atoms with van der Waals surface area (Å²) < 4.78 is 0. The molecule has 0 atom stereocenters. The van der Waals surface area contributed by atoms with Crippen molar-refractivity contribution >= 4 is 0 Å². The lowest BCUT2D eigenvalue weighted by molar-refractivity contribution is 0.465. The van der Waals surface area contributed by atoms with E-state index in [2.05, 4.69) is 38.1 Å². The van der Waals surface area contributed by atoms with Crippen molar-refractivity contribution in [2.75, 3.05) is 0 Å². The molecule has 1 heteroatoms. The minimum absolute atomic E-state index is 0.442. The quantitative estimate of drug-likeness (QED) is 0.722. The molecule has 1 aromatic rings. The third kappa shape index (κ3) is 3.37. The van der Waals surface area contributed by atoms with Gasteiger partial charge in [0.05, 0.1) is 0 Å². The zero-order valence-electron chi connectivity index (χ0n) is 11.8. The third-order valence-electron chi connectivity index (χ3n) is 3.38. The molecule has 0 aromatic heterocycles. The highest BCUT2D eigenvalue weighted by molar-refractivity contribution is 5.37. The Bertz CT molecular complexity index is 607. The van der Waals surface area contributed by atoms with Gasteiger partial charge in [-0.3, -0.25) is 0 Å². The molecule has 0 bridgehead atoms. The lowest BCUT2D eigenvalue weighted by Crippen LogP contribution is -1.87. The second kappa shape index (κ2) is 6.42. The third-order valence-corrected chi connectivity index (χ3v) is 3.38. The topological polar surface area (TPSA) is 20.2 Å². The molecule has 0 saturated heterocycles. The first-order valence-electron chi connectivity index (χ1n) is 7.15. The summed E-state index contributed by atoms with van der Waals surface area (Å²) in [5.41, 5.74) is 2.98. The van der Waals surface area contributed by atoms with Gasteiger partial charge >= 0.3 is 0 Å². The number of rotatable bonds is 4. The standard InChI is InChI=1S/C12H18.C6H4O/c1-3-6-11-8-5-9-12(10-11)7-4-2;7-6-3-4-1-2-5(4)6/h5,8-10H,3-4,6-7H2,1-2H3;1-3,7H. The van der Waals surface area contributed by atoms with Crippen molar-refractivity contribution in [2.45, 2.75) is 39.5 Å². The Balaban J connectivity index is 0.000000159. The highest BCUT2D eigenvalue weighted by atomic mass is 16.3. The van der Waals surface area contributed by atoms with Gasteiger partial charge in [0.15, 0.2) is 0 Å². The first-order valence-corrected chi connectivity index (χ1v) is 7.15. The minimum Gasteiger partial charge on any atom is -0.507 e. The van der Waals surface area contributed by atoms with Crippen LogP contribution in [-0.4, -0.2) is 5.11 Å². The van der Waals surface area contributed by atoms with Crippen molar-refractivity contribution in [1.29, 1.82) is 0 Å². The monoisotopic (exact) mass is 254 g/mol. The maximum Gasteiger partial charge on any atom is 0.124 e. The fourth-order valence-electron chi connectivity index (χ4n) is 2.29. The number of hydrogen-bond donors (Lipinski definition) is 1. The summed E-state index contributed by atoms with van der Waals surface area (Å²) in [5, 5.41) is 10.9. The van der Waals surface area contributed by atoms with Crippen LogP contribution in [0.1, 0.15) is 37.8 Å². The largest absolute Gasteiger partial charge is 0.507 e. The van der Waals surface area contributed by atoms with Gasteiger partial charge in [-0.2, -0.15) is 0 Å². The van der Waals surface area contributed by atoms with E-state index in [4.69, 9.17) is 5.11 Å². The van der Waals surface area contributed by atoms with E-state index in [1.807, 2.05) is 12.1 Å². The second-order valence-electron chi connectivity index (χ2n) is 5.05. The fraction of sp³-hybridized carbons (Fsp3) is 0.333. The van der Waals surface area contributed by atoms with Crippen molar-refractivity contribution in [3.05, 3.63) is 64.0 Å². The molecule has 0 fully saturated rings. The van der Waals surface area contributed by atoms with E-state index in [-0.39, 0.29) is 0 Å². The van der Waals surface area contributed by atoms with Gasteiger partial charge in [0, 0.05) is 5.22 Å². The van der Waals surface area contributed by atoms with Crippen LogP contribution in [-0.2, 0) is 12.8 Å². The maximum absolute atomic E-state index is 8.69. The summed E-state index contributed by atoms with van der Waals surface area (Å²) in [5.74, 6) is 0.442. The predicted molar refractivity (Wildman–Crippen MR) is 80.2 cm³/mol. The number of benzene rings is 2. The highest BCUT2D eigenvalue weighted by Crippen LogP contribution is 2.21. The Morgan fingerprint density at radius 3 is 1.74 bits per heavy atom. The lowest BCUT2D eigenvalue weighted by Gasteiger charge is -2.02. The van der Waals surface area contributed by atoms with Gasteiger partial charge in [-0.1, -0.05) is 63.1 Å². The molecule has 0 spiro atoms. The first kappa shape index (κ1) is 13.7. The van der Waals surface area contributed by atoms with Crippen molar-refractivity contribution in [2.24, 2.45) is 0 Å². The molecule has 1 aromatic carbocycles. The van der Waals surface area contributed by atoms with Gasteiger partial charge in [-0.25, -0.2) is 0 Å². The Morgan fingerprint density at radius 1 is 0.842 bits per heavy atom. The molecule has 0 saturated carbocycles. The zero-order valence-corrected chi connectivity index (χ0v) is 11.8. The Kier molecular flexibility index (Phi) is 4.62. The maximum atomic E-state index is 8.69. The van der Waals surface area contributed by atoms with Crippen LogP contribution in [0.25, 0.3) is 0 Å². The van der Waals surface area contributed by atoms with E-state index in [0.717, 1.165) is 5.22 Å². The van der Waals surface area contributed by atoms with E-state index in [9.17, 15) is 0 Å². The fourth-order valence-corrected chi connectivity index (χ4v) is 2.29. The van der Waals surface area contributed by atoms with E-state index in [1.54, 1.807) is 6.07 Å². The number of aryl methyl sites for hydroxylation is 2. The molecule has 100 valence electrons. The summed E-state index contributed by atoms with van der Waals surface area (Å²) in [6.07, 6.45) is 4.93. The molecule has 2 aliphatic rings. The van der Waals surface area contributed by atoms with Gasteiger partial charge in [-0.05, 0) is 35.3 Å². The van der Waals surface area contributed by atoms with Crippen molar-refractivity contribution in [1.82, 2.24) is 0 Å². The van der Waals surface area contributed by atoms with Gasteiger partial charge < -0.3 is 5.11 Å². The number of phenolic OH excluding ortho intramolecular Hbond substituents is 1. The van der Waals surface area contributed by atoms with Crippen LogP contribution in [0.5, 0.6) is 5.75 Å². The molecule has 0 heterocycles. The Labute approximate surface area is 115 Å². The van der Waals surface area contributed by atoms with Crippen LogP contribution in [0.2, 0.25) is 0 Å². The molecule has 3 rings (SSSR count). The smallest absolute Gasteiger partial charge is 0.124 e. The van der Waals surface area contributed by atoms with Crippen molar-refractivity contribution in [3.63, 3.8) is 0 Å². The van der Waals surface area contributed by atoms with E-state index in [0.29, 0.717) is 5.75 Å². The summed E-state index contributed by atoms with van der Waals surface area (Å²) >= 11 is 0. The predicted octanol–water partition coefficient (Wildman–Crippen LogP) is 4.58.